The Balaban J connectivity index is 2.81. The minimum atomic E-state index is -2.23. The van der Waals surface area contributed by atoms with Crippen LogP contribution in [0.25, 0.3) is 0 Å². The van der Waals surface area contributed by atoms with E-state index in [0.717, 1.165) is 41.7 Å². The molecule has 1 N–H and O–H groups in total. The summed E-state index contributed by atoms with van der Waals surface area (Å²) in [5, 5.41) is 12.3. The molecule has 1 heterocycles. The molecule has 0 amide bonds. The van der Waals surface area contributed by atoms with Crippen molar-refractivity contribution >= 4 is 35.8 Å². The van der Waals surface area contributed by atoms with Gasteiger partial charge in [-0.1, -0.05) is 20.8 Å². The third-order valence-corrected chi connectivity index (χ3v) is 8.20. The van der Waals surface area contributed by atoms with E-state index in [1.165, 1.54) is 0 Å². The zero-order valence-electron chi connectivity index (χ0n) is 27.0. The second kappa shape index (κ2) is 14.7. The van der Waals surface area contributed by atoms with E-state index < -0.39 is 90.6 Å². The average Bonchev–Trinajstić information content (AvgIpc) is 2.89. The quantitative estimate of drug-likeness (QED) is 0.272. The summed E-state index contributed by atoms with van der Waals surface area (Å²) in [5.74, 6) is -4.98. The number of ether oxygens (including phenoxy) is 7. The van der Waals surface area contributed by atoms with Gasteiger partial charge in [-0.3, -0.25) is 24.0 Å². The zero-order chi connectivity index (χ0) is 33.6. The maximum atomic E-state index is 13.8. The van der Waals surface area contributed by atoms with Gasteiger partial charge in [-0.2, -0.15) is 0 Å². The molecule has 0 aromatic heterocycles. The number of carbonyl (C=O) groups excluding carboxylic acids is 6. The molecular formula is C30H46O14. The minimum Gasteiger partial charge on any atom is -0.467 e. The van der Waals surface area contributed by atoms with E-state index in [9.17, 15) is 33.9 Å². The fourth-order valence-corrected chi connectivity index (χ4v) is 6.17. The van der Waals surface area contributed by atoms with Crippen molar-refractivity contribution in [1.29, 1.82) is 0 Å². The molecule has 0 unspecified atom stereocenters. The highest BCUT2D eigenvalue weighted by Gasteiger charge is 2.67. The molecule has 0 aromatic carbocycles. The van der Waals surface area contributed by atoms with E-state index in [1.807, 2.05) is 0 Å². The van der Waals surface area contributed by atoms with Crippen LogP contribution in [0.4, 0.5) is 0 Å². The second-order valence-corrected chi connectivity index (χ2v) is 12.5. The Morgan fingerprint density at radius 1 is 0.841 bits per heavy atom. The fourth-order valence-electron chi connectivity index (χ4n) is 6.17. The first-order valence-corrected chi connectivity index (χ1v) is 14.6. The average molecular weight is 631 g/mol. The van der Waals surface area contributed by atoms with Crippen molar-refractivity contribution in [2.45, 2.75) is 129 Å². The Hall–Kier alpha value is -3.26. The summed E-state index contributed by atoms with van der Waals surface area (Å²) in [7, 11) is 1.09. The lowest BCUT2D eigenvalue weighted by Crippen LogP contribution is -2.72. The van der Waals surface area contributed by atoms with Gasteiger partial charge >= 0.3 is 35.8 Å². The standard InChI is InChI=1S/C30H46O14/c1-16(31)39-15-23(41-18(3)33)25(43-20(5)35)26-24(42-19(4)34)22(40-17(2)32)14-30(44-26,27(36)38-9)29(37)12-10-21(11-13-29)28(6,7)8/h21-26,37H,10-15H2,1-9H3/t21?,22-,23+,24+,25+,26+,29?,30-/m0/s1. The molecule has 1 aliphatic heterocycles. The molecule has 44 heavy (non-hydrogen) atoms. The maximum Gasteiger partial charge on any atom is 0.341 e. The predicted octanol–water partition coefficient (Wildman–Crippen LogP) is 1.94. The van der Waals surface area contributed by atoms with Gasteiger partial charge in [0.1, 0.15) is 24.4 Å². The van der Waals surface area contributed by atoms with E-state index in [0.29, 0.717) is 12.8 Å². The van der Waals surface area contributed by atoms with Gasteiger partial charge in [0.2, 0.25) is 0 Å². The summed E-state index contributed by atoms with van der Waals surface area (Å²) in [6.07, 6.45) is -7.21. The minimum absolute atomic E-state index is 0.0842. The molecule has 1 saturated heterocycles. The van der Waals surface area contributed by atoms with Crippen molar-refractivity contribution < 1.29 is 67.0 Å². The lowest BCUT2D eigenvalue weighted by Gasteiger charge is -2.55. The molecule has 14 heteroatoms. The van der Waals surface area contributed by atoms with E-state index in [4.69, 9.17) is 33.2 Å². The van der Waals surface area contributed by atoms with Crippen LogP contribution >= 0.6 is 0 Å². The number of rotatable bonds is 10. The first kappa shape index (κ1) is 36.9. The molecule has 6 atom stereocenters. The molecule has 250 valence electrons. The highest BCUT2D eigenvalue weighted by molar-refractivity contribution is 5.82. The van der Waals surface area contributed by atoms with Gasteiger partial charge in [-0.15, -0.1) is 0 Å². The van der Waals surface area contributed by atoms with Crippen LogP contribution in [0.15, 0.2) is 0 Å². The van der Waals surface area contributed by atoms with Crippen molar-refractivity contribution in [1.82, 2.24) is 0 Å². The number of aliphatic hydroxyl groups is 1. The first-order valence-electron chi connectivity index (χ1n) is 14.6. The topological polar surface area (TPSA) is 187 Å². The monoisotopic (exact) mass is 630 g/mol. The lowest BCUT2D eigenvalue weighted by atomic mass is 9.62. The summed E-state index contributed by atoms with van der Waals surface area (Å²) < 4.78 is 38.7. The highest BCUT2D eigenvalue weighted by atomic mass is 16.7. The van der Waals surface area contributed by atoms with E-state index >= 15 is 0 Å². The number of hydrogen-bond acceptors (Lipinski definition) is 14. The van der Waals surface area contributed by atoms with E-state index in [2.05, 4.69) is 20.8 Å². The first-order chi connectivity index (χ1) is 20.3. The number of methoxy groups -OCH3 is 1. The van der Waals surface area contributed by atoms with Gasteiger partial charge in [-0.05, 0) is 37.0 Å². The lowest BCUT2D eigenvalue weighted by molar-refractivity contribution is -0.304. The second-order valence-electron chi connectivity index (χ2n) is 12.5. The molecule has 0 aromatic rings. The van der Waals surface area contributed by atoms with Gasteiger partial charge < -0.3 is 38.3 Å². The summed E-state index contributed by atoms with van der Waals surface area (Å²) in [4.78, 5) is 74.6. The Morgan fingerprint density at radius 2 is 1.39 bits per heavy atom. The molecule has 1 aliphatic carbocycles. The Labute approximate surface area is 257 Å². The predicted molar refractivity (Wildman–Crippen MR) is 149 cm³/mol. The Morgan fingerprint density at radius 3 is 1.82 bits per heavy atom. The molecule has 2 aliphatic rings. The molecule has 14 nitrogen and oxygen atoms in total. The van der Waals surface area contributed by atoms with Gasteiger partial charge in [0, 0.05) is 41.0 Å². The van der Waals surface area contributed by atoms with Gasteiger partial charge in [0.15, 0.2) is 23.9 Å². The number of carbonyl (C=O) groups is 6. The molecule has 0 radical (unpaired) electrons. The van der Waals surface area contributed by atoms with E-state index in [1.54, 1.807) is 0 Å². The summed E-state index contributed by atoms with van der Waals surface area (Å²) in [6, 6.07) is 0. The summed E-state index contributed by atoms with van der Waals surface area (Å²) >= 11 is 0. The molecular weight excluding hydrogens is 584 g/mol. The SMILES string of the molecule is COC(=O)[C@]1(C2(O)CCC(C(C)(C)C)CC2)C[C@H](OC(C)=O)[C@@H](OC(C)=O)[C@H]([C@H](OC(C)=O)[C@@H](COC(C)=O)OC(C)=O)O1. The summed E-state index contributed by atoms with van der Waals surface area (Å²) in [6.45, 7) is 11.0. The molecule has 2 rings (SSSR count). The van der Waals surface area contributed by atoms with Crippen LogP contribution in [0, 0.1) is 11.3 Å². The van der Waals surface area contributed by atoms with Crippen LogP contribution in [-0.2, 0) is 61.9 Å². The van der Waals surface area contributed by atoms with Crippen molar-refractivity contribution in [2.75, 3.05) is 13.7 Å². The number of hydrogen-bond donors (Lipinski definition) is 1. The van der Waals surface area contributed by atoms with Gasteiger partial charge in [0.05, 0.1) is 7.11 Å². The third kappa shape index (κ3) is 8.90. The zero-order valence-corrected chi connectivity index (χ0v) is 27.0. The molecule has 1 saturated carbocycles. The Bertz CT molecular complexity index is 1090. The molecule has 0 bridgehead atoms. The van der Waals surface area contributed by atoms with Crippen molar-refractivity contribution in [3.63, 3.8) is 0 Å². The maximum absolute atomic E-state index is 13.8. The fraction of sp³-hybridized carbons (Fsp3) is 0.800. The van der Waals surface area contributed by atoms with Crippen molar-refractivity contribution in [3.05, 3.63) is 0 Å². The normalized spacial score (nSPS) is 30.1. The van der Waals surface area contributed by atoms with Crippen LogP contribution in [0.5, 0.6) is 0 Å². The van der Waals surface area contributed by atoms with Crippen LogP contribution < -0.4 is 0 Å². The summed E-state index contributed by atoms with van der Waals surface area (Å²) in [5.41, 5.74) is -4.20. The largest absolute Gasteiger partial charge is 0.467 e. The van der Waals surface area contributed by atoms with Crippen LogP contribution in [0.3, 0.4) is 0 Å². The highest BCUT2D eigenvalue weighted by Crippen LogP contribution is 2.51. The van der Waals surface area contributed by atoms with Gasteiger partial charge in [-0.25, -0.2) is 4.79 Å². The van der Waals surface area contributed by atoms with E-state index in [-0.39, 0.29) is 24.2 Å². The molecule has 0 spiro atoms. The van der Waals surface area contributed by atoms with Crippen molar-refractivity contribution in [3.8, 4) is 0 Å². The Kier molecular flexibility index (Phi) is 12.3. The smallest absolute Gasteiger partial charge is 0.341 e. The van der Waals surface area contributed by atoms with Crippen molar-refractivity contribution in [2.24, 2.45) is 11.3 Å². The van der Waals surface area contributed by atoms with Crippen LogP contribution in [0.1, 0.15) is 87.5 Å². The third-order valence-electron chi connectivity index (χ3n) is 8.20. The van der Waals surface area contributed by atoms with Crippen LogP contribution in [-0.4, -0.2) is 96.4 Å². The molecule has 2 fully saturated rings. The van der Waals surface area contributed by atoms with Crippen LogP contribution in [0.2, 0.25) is 0 Å². The number of esters is 6. The van der Waals surface area contributed by atoms with Gasteiger partial charge in [0.25, 0.3) is 0 Å².